The minimum Gasteiger partial charge on any atom is -0.480 e. The fraction of sp³-hybridized carbons (Fsp3) is 0.300. The van der Waals surface area contributed by atoms with Crippen molar-refractivity contribution in [3.05, 3.63) is 30.1 Å². The average Bonchev–Trinajstić information content (AvgIpc) is 2.25. The van der Waals surface area contributed by atoms with Crippen LogP contribution in [0, 0.1) is 5.82 Å². The molecule has 0 aliphatic heterocycles. The second kappa shape index (κ2) is 5.13. The van der Waals surface area contributed by atoms with Gasteiger partial charge in [0.25, 0.3) is 0 Å². The van der Waals surface area contributed by atoms with E-state index >= 15 is 0 Å². The summed E-state index contributed by atoms with van der Waals surface area (Å²) in [5, 5.41) is 8.67. The molecule has 0 fully saturated rings. The number of carboxylic acid groups (broad SMARTS) is 1. The molecule has 0 heterocycles. The minimum atomic E-state index is -3.74. The van der Waals surface area contributed by atoms with Crippen molar-refractivity contribution < 1.29 is 22.7 Å². The van der Waals surface area contributed by atoms with E-state index in [2.05, 4.69) is 0 Å². The molecule has 0 saturated heterocycles. The van der Waals surface area contributed by atoms with Crippen LogP contribution in [0.2, 0.25) is 0 Å². The van der Waals surface area contributed by atoms with E-state index in [0.29, 0.717) is 4.31 Å². The van der Waals surface area contributed by atoms with Crippen LogP contribution in [0.3, 0.4) is 0 Å². The molecule has 0 spiro atoms. The van der Waals surface area contributed by atoms with Gasteiger partial charge in [0.1, 0.15) is 12.4 Å². The number of hydrogen-bond acceptors (Lipinski definition) is 3. The van der Waals surface area contributed by atoms with Crippen LogP contribution in [0.1, 0.15) is 6.92 Å². The Hall–Kier alpha value is -1.63. The van der Waals surface area contributed by atoms with Crippen LogP contribution in [0.4, 0.5) is 10.1 Å². The molecule has 1 aromatic carbocycles. The maximum atomic E-state index is 13.0. The highest BCUT2D eigenvalue weighted by Gasteiger charge is 2.23. The van der Waals surface area contributed by atoms with Crippen molar-refractivity contribution >= 4 is 21.7 Å². The van der Waals surface area contributed by atoms with Crippen LogP contribution >= 0.6 is 0 Å². The molecule has 0 amide bonds. The highest BCUT2D eigenvalue weighted by atomic mass is 32.2. The van der Waals surface area contributed by atoms with Crippen molar-refractivity contribution in [3.8, 4) is 0 Å². The third kappa shape index (κ3) is 3.42. The zero-order chi connectivity index (χ0) is 13.1. The van der Waals surface area contributed by atoms with Gasteiger partial charge < -0.3 is 5.11 Å². The fourth-order valence-electron chi connectivity index (χ4n) is 1.26. The standard InChI is InChI=1S/C10H12FNO4S/c1-2-17(15,16)12(7-10(13)14)9-5-3-4-8(11)6-9/h3-6H,2,7H2,1H3,(H,13,14). The first-order valence-corrected chi connectivity index (χ1v) is 6.45. The predicted octanol–water partition coefficient (Wildman–Crippen LogP) is 1.07. The Morgan fingerprint density at radius 2 is 2.12 bits per heavy atom. The van der Waals surface area contributed by atoms with Crippen molar-refractivity contribution in [2.24, 2.45) is 0 Å². The van der Waals surface area contributed by atoms with Gasteiger partial charge in [0.15, 0.2) is 0 Å². The maximum absolute atomic E-state index is 13.0. The fourth-order valence-corrected chi connectivity index (χ4v) is 2.31. The normalized spacial score (nSPS) is 11.2. The Morgan fingerprint density at radius 3 is 2.59 bits per heavy atom. The number of carboxylic acids is 1. The van der Waals surface area contributed by atoms with E-state index in [9.17, 15) is 17.6 Å². The molecule has 0 bridgehead atoms. The number of sulfonamides is 1. The summed E-state index contributed by atoms with van der Waals surface area (Å²) in [6, 6.07) is 4.81. The van der Waals surface area contributed by atoms with Gasteiger partial charge in [0.05, 0.1) is 11.4 Å². The van der Waals surface area contributed by atoms with Gasteiger partial charge in [-0.25, -0.2) is 12.8 Å². The van der Waals surface area contributed by atoms with Gasteiger partial charge in [-0.05, 0) is 25.1 Å². The quantitative estimate of drug-likeness (QED) is 0.860. The Balaban J connectivity index is 3.20. The topological polar surface area (TPSA) is 74.7 Å². The molecule has 0 saturated carbocycles. The molecule has 0 aliphatic rings. The molecule has 1 rings (SSSR count). The Morgan fingerprint density at radius 1 is 1.47 bits per heavy atom. The molecule has 7 heteroatoms. The summed E-state index contributed by atoms with van der Waals surface area (Å²) < 4.78 is 37.0. The highest BCUT2D eigenvalue weighted by Crippen LogP contribution is 2.19. The van der Waals surface area contributed by atoms with Crippen molar-refractivity contribution in [2.45, 2.75) is 6.92 Å². The number of nitrogens with zero attached hydrogens (tertiary/aromatic N) is 1. The summed E-state index contributed by atoms with van der Waals surface area (Å²) in [7, 11) is -3.74. The summed E-state index contributed by atoms with van der Waals surface area (Å²) in [6.45, 7) is 0.670. The van der Waals surface area contributed by atoms with E-state index in [1.54, 1.807) is 0 Å². The van der Waals surface area contributed by atoms with Crippen molar-refractivity contribution in [3.63, 3.8) is 0 Å². The van der Waals surface area contributed by atoms with Gasteiger partial charge in [0.2, 0.25) is 10.0 Å². The van der Waals surface area contributed by atoms with Crippen LogP contribution in [0.5, 0.6) is 0 Å². The first kappa shape index (κ1) is 13.4. The molecule has 0 aromatic heterocycles. The molecular formula is C10H12FNO4S. The number of aliphatic carboxylic acids is 1. The third-order valence-electron chi connectivity index (χ3n) is 2.08. The summed E-state index contributed by atoms with van der Waals surface area (Å²) in [5.41, 5.74) is 0.00856. The molecule has 17 heavy (non-hydrogen) atoms. The number of anilines is 1. The van der Waals surface area contributed by atoms with E-state index < -0.39 is 28.4 Å². The highest BCUT2D eigenvalue weighted by molar-refractivity contribution is 7.92. The van der Waals surface area contributed by atoms with Crippen LogP contribution in [0.15, 0.2) is 24.3 Å². The van der Waals surface area contributed by atoms with Crippen LogP contribution in [-0.4, -0.2) is 31.8 Å². The van der Waals surface area contributed by atoms with Gasteiger partial charge in [-0.1, -0.05) is 6.07 Å². The zero-order valence-corrected chi connectivity index (χ0v) is 9.95. The number of halogens is 1. The molecule has 0 unspecified atom stereocenters. The lowest BCUT2D eigenvalue weighted by molar-refractivity contribution is -0.135. The largest absolute Gasteiger partial charge is 0.480 e. The molecular weight excluding hydrogens is 249 g/mol. The summed E-state index contributed by atoms with van der Waals surface area (Å²) >= 11 is 0. The molecule has 0 radical (unpaired) electrons. The van der Waals surface area contributed by atoms with E-state index in [1.807, 2.05) is 0 Å². The van der Waals surface area contributed by atoms with Gasteiger partial charge in [0, 0.05) is 0 Å². The lowest BCUT2D eigenvalue weighted by Gasteiger charge is -2.21. The van der Waals surface area contributed by atoms with Crippen LogP contribution < -0.4 is 4.31 Å². The first-order valence-electron chi connectivity index (χ1n) is 4.84. The monoisotopic (exact) mass is 261 g/mol. The van der Waals surface area contributed by atoms with Crippen molar-refractivity contribution in [1.82, 2.24) is 0 Å². The van der Waals surface area contributed by atoms with E-state index in [1.165, 1.54) is 19.1 Å². The number of benzene rings is 1. The van der Waals surface area contributed by atoms with E-state index in [-0.39, 0.29) is 11.4 Å². The van der Waals surface area contributed by atoms with Crippen molar-refractivity contribution in [2.75, 3.05) is 16.6 Å². The lowest BCUT2D eigenvalue weighted by Crippen LogP contribution is -2.36. The first-order chi connectivity index (χ1) is 7.86. The number of hydrogen-bond donors (Lipinski definition) is 1. The van der Waals surface area contributed by atoms with Crippen LogP contribution in [0.25, 0.3) is 0 Å². The van der Waals surface area contributed by atoms with E-state index in [4.69, 9.17) is 5.11 Å². The second-order valence-corrected chi connectivity index (χ2v) is 5.46. The Kier molecular flexibility index (Phi) is 4.06. The molecule has 0 aliphatic carbocycles. The molecule has 94 valence electrons. The average molecular weight is 261 g/mol. The Bertz CT molecular complexity index is 515. The van der Waals surface area contributed by atoms with Gasteiger partial charge >= 0.3 is 5.97 Å². The molecule has 1 N–H and O–H groups in total. The SMILES string of the molecule is CCS(=O)(=O)N(CC(=O)O)c1cccc(F)c1. The third-order valence-corrected chi connectivity index (χ3v) is 3.82. The molecule has 0 atom stereocenters. The number of carbonyl (C=O) groups is 1. The summed E-state index contributed by atoms with van der Waals surface area (Å²) in [6.07, 6.45) is 0. The zero-order valence-electron chi connectivity index (χ0n) is 9.13. The summed E-state index contributed by atoms with van der Waals surface area (Å²) in [5.74, 6) is -2.17. The lowest BCUT2D eigenvalue weighted by atomic mass is 10.3. The van der Waals surface area contributed by atoms with Crippen molar-refractivity contribution in [1.29, 1.82) is 0 Å². The smallest absolute Gasteiger partial charge is 0.324 e. The number of rotatable bonds is 5. The second-order valence-electron chi connectivity index (χ2n) is 3.28. The maximum Gasteiger partial charge on any atom is 0.324 e. The Labute approximate surface area is 98.5 Å². The van der Waals surface area contributed by atoms with Gasteiger partial charge in [-0.15, -0.1) is 0 Å². The molecule has 1 aromatic rings. The van der Waals surface area contributed by atoms with E-state index in [0.717, 1.165) is 12.1 Å². The molecule has 5 nitrogen and oxygen atoms in total. The van der Waals surface area contributed by atoms with Gasteiger partial charge in [-0.2, -0.15) is 0 Å². The van der Waals surface area contributed by atoms with Crippen LogP contribution in [-0.2, 0) is 14.8 Å². The summed E-state index contributed by atoms with van der Waals surface area (Å²) in [4.78, 5) is 10.6. The van der Waals surface area contributed by atoms with Gasteiger partial charge in [-0.3, -0.25) is 9.10 Å². The minimum absolute atomic E-state index is 0.00856. The predicted molar refractivity (Wildman–Crippen MR) is 60.8 cm³/mol.